The van der Waals surface area contributed by atoms with Gasteiger partial charge in [-0.1, -0.05) is 12.2 Å². The number of hydrogen-bond acceptors (Lipinski definition) is 4. The zero-order valence-corrected chi connectivity index (χ0v) is 18.0. The number of thiophene rings is 1. The first-order valence-electron chi connectivity index (χ1n) is 9.36. The van der Waals surface area contributed by atoms with E-state index in [0.717, 1.165) is 10.0 Å². The standard InChI is InChI=1S/C21H20BrFN2O3S/c22-18-13-29-12-14(18)10-19(26)25-9-1-2-16(11-25)24-20(27)21(7-8-21)28-17-5-3-15(23)4-6-17/h1-6,12-13,16H,7-11H2,(H,24,27). The van der Waals surface area contributed by atoms with E-state index in [1.807, 2.05) is 22.9 Å². The lowest BCUT2D eigenvalue weighted by Crippen LogP contribution is -2.51. The lowest BCUT2D eigenvalue weighted by molar-refractivity contribution is -0.133. The van der Waals surface area contributed by atoms with Gasteiger partial charge >= 0.3 is 0 Å². The van der Waals surface area contributed by atoms with Crippen LogP contribution >= 0.6 is 27.3 Å². The summed E-state index contributed by atoms with van der Waals surface area (Å²) in [6, 6.07) is 5.39. The first-order valence-corrected chi connectivity index (χ1v) is 11.1. The molecule has 5 nitrogen and oxygen atoms in total. The molecule has 2 heterocycles. The zero-order valence-electron chi connectivity index (χ0n) is 15.6. The van der Waals surface area contributed by atoms with Gasteiger partial charge in [-0.05, 0) is 51.1 Å². The Morgan fingerprint density at radius 2 is 2.03 bits per heavy atom. The highest BCUT2D eigenvalue weighted by Gasteiger charge is 2.53. The summed E-state index contributed by atoms with van der Waals surface area (Å²) in [4.78, 5) is 27.2. The largest absolute Gasteiger partial charge is 0.477 e. The number of benzene rings is 1. The van der Waals surface area contributed by atoms with Crippen LogP contribution in [0.3, 0.4) is 0 Å². The van der Waals surface area contributed by atoms with Crippen molar-refractivity contribution in [1.82, 2.24) is 10.2 Å². The van der Waals surface area contributed by atoms with Crippen molar-refractivity contribution in [1.29, 1.82) is 0 Å². The van der Waals surface area contributed by atoms with Gasteiger partial charge in [0.1, 0.15) is 11.6 Å². The second-order valence-electron chi connectivity index (χ2n) is 7.28. The molecule has 1 fully saturated rings. The first-order chi connectivity index (χ1) is 13.9. The highest BCUT2D eigenvalue weighted by atomic mass is 79.9. The number of ether oxygens (including phenoxy) is 1. The van der Waals surface area contributed by atoms with E-state index >= 15 is 0 Å². The molecule has 1 aliphatic heterocycles. The Balaban J connectivity index is 1.34. The molecule has 2 amide bonds. The molecule has 1 unspecified atom stereocenters. The normalized spacial score (nSPS) is 19.7. The molecule has 29 heavy (non-hydrogen) atoms. The summed E-state index contributed by atoms with van der Waals surface area (Å²) < 4.78 is 19.9. The molecule has 1 saturated carbocycles. The molecule has 1 N–H and O–H groups in total. The summed E-state index contributed by atoms with van der Waals surface area (Å²) in [6.07, 6.45) is 5.37. The Labute approximate surface area is 180 Å². The van der Waals surface area contributed by atoms with Crippen LogP contribution in [0.25, 0.3) is 0 Å². The molecule has 1 aliphatic carbocycles. The summed E-state index contributed by atoms with van der Waals surface area (Å²) in [7, 11) is 0. The lowest BCUT2D eigenvalue weighted by Gasteiger charge is -2.30. The van der Waals surface area contributed by atoms with Crippen molar-refractivity contribution in [3.05, 3.63) is 63.0 Å². The fraction of sp³-hybridized carbons (Fsp3) is 0.333. The van der Waals surface area contributed by atoms with Crippen LogP contribution < -0.4 is 10.1 Å². The Morgan fingerprint density at radius 3 is 2.69 bits per heavy atom. The van der Waals surface area contributed by atoms with Gasteiger partial charge in [-0.25, -0.2) is 4.39 Å². The van der Waals surface area contributed by atoms with Crippen molar-refractivity contribution >= 4 is 39.1 Å². The molecule has 4 rings (SSSR count). The van der Waals surface area contributed by atoms with Gasteiger partial charge < -0.3 is 15.0 Å². The average molecular weight is 479 g/mol. The molecule has 0 radical (unpaired) electrons. The van der Waals surface area contributed by atoms with Gasteiger partial charge in [0.15, 0.2) is 5.60 Å². The highest BCUT2D eigenvalue weighted by Crippen LogP contribution is 2.40. The minimum Gasteiger partial charge on any atom is -0.477 e. The summed E-state index contributed by atoms with van der Waals surface area (Å²) in [5.74, 6) is -0.0580. The van der Waals surface area contributed by atoms with Crippen molar-refractivity contribution in [2.45, 2.75) is 30.9 Å². The van der Waals surface area contributed by atoms with Gasteiger partial charge in [0.2, 0.25) is 5.91 Å². The van der Waals surface area contributed by atoms with Gasteiger partial charge in [-0.15, -0.1) is 0 Å². The van der Waals surface area contributed by atoms with E-state index in [0.29, 0.717) is 38.1 Å². The number of nitrogens with one attached hydrogen (secondary N) is 1. The van der Waals surface area contributed by atoms with Crippen LogP contribution in [0.4, 0.5) is 4.39 Å². The zero-order chi connectivity index (χ0) is 20.4. The van der Waals surface area contributed by atoms with Gasteiger partial charge in [-0.2, -0.15) is 11.3 Å². The average Bonchev–Trinajstić information content (AvgIpc) is 3.39. The number of hydrogen-bond donors (Lipinski definition) is 1. The number of halogens is 2. The van der Waals surface area contributed by atoms with E-state index in [4.69, 9.17) is 4.74 Å². The minimum atomic E-state index is -0.903. The van der Waals surface area contributed by atoms with Gasteiger partial charge in [0.25, 0.3) is 5.91 Å². The van der Waals surface area contributed by atoms with Crippen LogP contribution in [0.5, 0.6) is 5.75 Å². The van der Waals surface area contributed by atoms with Crippen molar-refractivity contribution in [3.8, 4) is 5.75 Å². The lowest BCUT2D eigenvalue weighted by atomic mass is 10.1. The molecule has 2 aromatic rings. The molecule has 152 valence electrons. The van der Waals surface area contributed by atoms with E-state index in [-0.39, 0.29) is 23.7 Å². The fourth-order valence-electron chi connectivity index (χ4n) is 3.25. The van der Waals surface area contributed by atoms with Crippen molar-refractivity contribution in [2.24, 2.45) is 0 Å². The van der Waals surface area contributed by atoms with Crippen molar-refractivity contribution in [3.63, 3.8) is 0 Å². The number of rotatable bonds is 6. The van der Waals surface area contributed by atoms with E-state index < -0.39 is 5.60 Å². The predicted molar refractivity (Wildman–Crippen MR) is 112 cm³/mol. The second-order valence-corrected chi connectivity index (χ2v) is 8.88. The third-order valence-electron chi connectivity index (χ3n) is 5.06. The summed E-state index contributed by atoms with van der Waals surface area (Å²) in [5, 5.41) is 6.90. The van der Waals surface area contributed by atoms with Crippen LogP contribution in [0.2, 0.25) is 0 Å². The maximum atomic E-state index is 13.1. The minimum absolute atomic E-state index is 0.0244. The van der Waals surface area contributed by atoms with Crippen LogP contribution in [0, 0.1) is 5.82 Å². The Hall–Kier alpha value is -2.19. The molecule has 1 atom stereocenters. The first kappa shape index (κ1) is 20.1. The molecule has 0 saturated heterocycles. The number of carbonyl (C=O) groups is 2. The molecule has 8 heteroatoms. The quantitative estimate of drug-likeness (QED) is 0.644. The van der Waals surface area contributed by atoms with Gasteiger partial charge in [0.05, 0.1) is 12.5 Å². The van der Waals surface area contributed by atoms with E-state index in [1.54, 1.807) is 16.2 Å². The molecule has 1 aromatic heterocycles. The topological polar surface area (TPSA) is 58.6 Å². The van der Waals surface area contributed by atoms with Crippen molar-refractivity contribution < 1.29 is 18.7 Å². The number of amides is 2. The Morgan fingerprint density at radius 1 is 1.28 bits per heavy atom. The Kier molecular flexibility index (Phi) is 5.74. The smallest absolute Gasteiger partial charge is 0.264 e. The third-order valence-corrected chi connectivity index (χ3v) is 6.89. The van der Waals surface area contributed by atoms with Crippen molar-refractivity contribution in [2.75, 3.05) is 13.1 Å². The van der Waals surface area contributed by atoms with E-state index in [2.05, 4.69) is 21.2 Å². The number of nitrogens with zero attached hydrogens (tertiary/aromatic N) is 1. The maximum Gasteiger partial charge on any atom is 0.264 e. The molecule has 2 aliphatic rings. The third kappa shape index (κ3) is 4.70. The second kappa shape index (κ2) is 8.28. The van der Waals surface area contributed by atoms with Crippen LogP contribution in [-0.4, -0.2) is 41.4 Å². The van der Waals surface area contributed by atoms with Crippen LogP contribution in [0.15, 0.2) is 51.7 Å². The van der Waals surface area contributed by atoms with Crippen LogP contribution in [0.1, 0.15) is 18.4 Å². The maximum absolute atomic E-state index is 13.1. The highest BCUT2D eigenvalue weighted by molar-refractivity contribution is 9.10. The van der Waals surface area contributed by atoms with E-state index in [9.17, 15) is 14.0 Å². The van der Waals surface area contributed by atoms with Gasteiger partial charge in [0, 0.05) is 35.8 Å². The molecule has 0 bridgehead atoms. The Bertz CT molecular complexity index is 940. The predicted octanol–water partition coefficient (Wildman–Crippen LogP) is 3.69. The van der Waals surface area contributed by atoms with Gasteiger partial charge in [-0.3, -0.25) is 9.59 Å². The molecule has 0 spiro atoms. The number of carbonyl (C=O) groups excluding carboxylic acids is 2. The molecular weight excluding hydrogens is 459 g/mol. The SMILES string of the molecule is O=C(Cc1cscc1Br)N1CC=CC(NC(=O)C2(Oc3ccc(F)cc3)CC2)C1. The summed E-state index contributed by atoms with van der Waals surface area (Å²) in [6.45, 7) is 0.958. The van der Waals surface area contributed by atoms with Crippen LogP contribution in [-0.2, 0) is 16.0 Å². The van der Waals surface area contributed by atoms with E-state index in [1.165, 1.54) is 24.3 Å². The molecule has 1 aromatic carbocycles. The summed E-state index contributed by atoms with van der Waals surface area (Å²) in [5.41, 5.74) is 0.0687. The fourth-order valence-corrected chi connectivity index (χ4v) is 4.69. The summed E-state index contributed by atoms with van der Waals surface area (Å²) >= 11 is 5.01. The molecular formula is C21H20BrFN2O3S. The monoisotopic (exact) mass is 478 g/mol.